The summed E-state index contributed by atoms with van der Waals surface area (Å²) in [7, 11) is 1.38. The van der Waals surface area contributed by atoms with Crippen LogP contribution in [-0.4, -0.2) is 17.9 Å². The molecule has 0 saturated carbocycles. The molecule has 1 heterocycles. The summed E-state index contributed by atoms with van der Waals surface area (Å²) in [5.41, 5.74) is -0.597. The molecule has 2 aromatic rings. The summed E-state index contributed by atoms with van der Waals surface area (Å²) in [5, 5.41) is 0. The highest BCUT2D eigenvalue weighted by atomic mass is 19.4. The van der Waals surface area contributed by atoms with Crippen LogP contribution in [0.15, 0.2) is 36.5 Å². The zero-order chi connectivity index (χ0) is 17.0. The standard InChI is InChI=1S/C16H13F4NO2/c1-23-11-4-5-12(13(17)8-11)14(22)6-2-10-3-7-15(21-9-10)16(18,19)20/h3-5,7-9H,2,6H2,1H3. The average molecular weight is 327 g/mol. The number of pyridine rings is 1. The van der Waals surface area contributed by atoms with Gasteiger partial charge in [0.05, 0.1) is 12.7 Å². The summed E-state index contributed by atoms with van der Waals surface area (Å²) < 4.78 is 55.8. The van der Waals surface area contributed by atoms with E-state index in [-0.39, 0.29) is 18.4 Å². The Bertz CT molecular complexity index is 696. The minimum atomic E-state index is -4.50. The molecule has 1 aromatic carbocycles. The normalized spacial score (nSPS) is 11.3. The minimum absolute atomic E-state index is 0.0315. The number of alkyl halides is 3. The Kier molecular flexibility index (Phi) is 4.98. The Hall–Kier alpha value is -2.44. The zero-order valence-corrected chi connectivity index (χ0v) is 12.2. The van der Waals surface area contributed by atoms with Gasteiger partial charge in [0.25, 0.3) is 0 Å². The van der Waals surface area contributed by atoms with E-state index in [4.69, 9.17) is 4.74 Å². The SMILES string of the molecule is COc1ccc(C(=O)CCc2ccc(C(F)(F)F)nc2)c(F)c1. The van der Waals surface area contributed by atoms with Crippen molar-refractivity contribution in [2.45, 2.75) is 19.0 Å². The van der Waals surface area contributed by atoms with E-state index in [0.29, 0.717) is 11.3 Å². The van der Waals surface area contributed by atoms with Crippen molar-refractivity contribution in [1.82, 2.24) is 4.98 Å². The van der Waals surface area contributed by atoms with Crippen molar-refractivity contribution in [1.29, 1.82) is 0 Å². The van der Waals surface area contributed by atoms with Gasteiger partial charge in [0.2, 0.25) is 0 Å². The minimum Gasteiger partial charge on any atom is -0.497 e. The van der Waals surface area contributed by atoms with Gasteiger partial charge in [0, 0.05) is 18.7 Å². The van der Waals surface area contributed by atoms with Gasteiger partial charge < -0.3 is 4.74 Å². The van der Waals surface area contributed by atoms with E-state index in [9.17, 15) is 22.4 Å². The molecule has 0 spiro atoms. The number of halogens is 4. The lowest BCUT2D eigenvalue weighted by atomic mass is 10.0. The molecule has 0 saturated heterocycles. The fourth-order valence-corrected chi connectivity index (χ4v) is 1.98. The second-order valence-electron chi connectivity index (χ2n) is 4.82. The van der Waals surface area contributed by atoms with Gasteiger partial charge in [-0.3, -0.25) is 9.78 Å². The number of ketones is 1. The molecule has 0 atom stereocenters. The van der Waals surface area contributed by atoms with Crippen molar-refractivity contribution in [3.05, 3.63) is 59.2 Å². The van der Waals surface area contributed by atoms with E-state index < -0.39 is 23.5 Å². The highest BCUT2D eigenvalue weighted by molar-refractivity contribution is 5.96. The summed E-state index contributed by atoms with van der Waals surface area (Å²) in [4.78, 5) is 15.3. The Balaban J connectivity index is 2.02. The predicted molar refractivity (Wildman–Crippen MR) is 74.8 cm³/mol. The highest BCUT2D eigenvalue weighted by Crippen LogP contribution is 2.27. The van der Waals surface area contributed by atoms with Gasteiger partial charge in [-0.05, 0) is 30.2 Å². The van der Waals surface area contributed by atoms with Crippen LogP contribution in [0.1, 0.15) is 28.0 Å². The van der Waals surface area contributed by atoms with Crippen LogP contribution in [0.25, 0.3) is 0 Å². The lowest BCUT2D eigenvalue weighted by Crippen LogP contribution is -2.08. The Morgan fingerprint density at radius 3 is 2.48 bits per heavy atom. The number of ether oxygens (including phenoxy) is 1. The number of hydrogen-bond acceptors (Lipinski definition) is 3. The van der Waals surface area contributed by atoms with Gasteiger partial charge in [-0.2, -0.15) is 13.2 Å². The number of aryl methyl sites for hydroxylation is 1. The van der Waals surface area contributed by atoms with Crippen LogP contribution in [0.2, 0.25) is 0 Å². The molecule has 122 valence electrons. The van der Waals surface area contributed by atoms with Crippen LogP contribution in [0.3, 0.4) is 0 Å². The van der Waals surface area contributed by atoms with Crippen molar-refractivity contribution < 1.29 is 27.1 Å². The molecule has 0 radical (unpaired) electrons. The van der Waals surface area contributed by atoms with Crippen molar-refractivity contribution in [3.63, 3.8) is 0 Å². The summed E-state index contributed by atoms with van der Waals surface area (Å²) >= 11 is 0. The van der Waals surface area contributed by atoms with E-state index in [0.717, 1.165) is 18.3 Å². The first-order chi connectivity index (χ1) is 10.8. The van der Waals surface area contributed by atoms with Crippen LogP contribution >= 0.6 is 0 Å². The Labute approximate surface area is 129 Å². The van der Waals surface area contributed by atoms with E-state index in [1.165, 1.54) is 25.3 Å². The molecule has 0 amide bonds. The van der Waals surface area contributed by atoms with Crippen molar-refractivity contribution >= 4 is 5.78 Å². The number of rotatable bonds is 5. The third kappa shape index (κ3) is 4.28. The molecule has 0 fully saturated rings. The molecule has 3 nitrogen and oxygen atoms in total. The third-order valence-electron chi connectivity index (χ3n) is 3.23. The van der Waals surface area contributed by atoms with Crippen LogP contribution in [0.4, 0.5) is 17.6 Å². The van der Waals surface area contributed by atoms with E-state index >= 15 is 0 Å². The molecule has 1 aromatic heterocycles. The van der Waals surface area contributed by atoms with Crippen LogP contribution < -0.4 is 4.74 Å². The van der Waals surface area contributed by atoms with E-state index in [1.807, 2.05) is 0 Å². The van der Waals surface area contributed by atoms with Gasteiger partial charge in [-0.1, -0.05) is 6.07 Å². The summed E-state index contributed by atoms with van der Waals surface area (Å²) in [5.74, 6) is -0.837. The molecule has 0 bridgehead atoms. The Morgan fingerprint density at radius 2 is 1.96 bits per heavy atom. The first kappa shape index (κ1) is 16.9. The van der Waals surface area contributed by atoms with Gasteiger partial charge in [-0.15, -0.1) is 0 Å². The fraction of sp³-hybridized carbons (Fsp3) is 0.250. The number of hydrogen-bond donors (Lipinski definition) is 0. The quantitative estimate of drug-likeness (QED) is 0.614. The summed E-state index contributed by atoms with van der Waals surface area (Å²) in [6.07, 6.45) is -3.28. The van der Waals surface area contributed by atoms with Crippen LogP contribution in [0, 0.1) is 5.82 Å². The summed E-state index contributed by atoms with van der Waals surface area (Å²) in [6, 6.07) is 6.01. The maximum Gasteiger partial charge on any atom is 0.433 e. The molecule has 7 heteroatoms. The van der Waals surface area contributed by atoms with Gasteiger partial charge in [0.15, 0.2) is 5.78 Å². The van der Waals surface area contributed by atoms with Gasteiger partial charge in [-0.25, -0.2) is 4.39 Å². The first-order valence-corrected chi connectivity index (χ1v) is 6.70. The van der Waals surface area contributed by atoms with Crippen molar-refractivity contribution in [3.8, 4) is 5.75 Å². The summed E-state index contributed by atoms with van der Waals surface area (Å²) in [6.45, 7) is 0. The lowest BCUT2D eigenvalue weighted by Gasteiger charge is -2.07. The van der Waals surface area contributed by atoms with E-state index in [1.54, 1.807) is 0 Å². The number of aromatic nitrogens is 1. The third-order valence-corrected chi connectivity index (χ3v) is 3.23. The largest absolute Gasteiger partial charge is 0.497 e. The molecule has 0 aliphatic carbocycles. The monoisotopic (exact) mass is 327 g/mol. The number of carbonyl (C=O) groups excluding carboxylic acids is 1. The zero-order valence-electron chi connectivity index (χ0n) is 12.2. The first-order valence-electron chi connectivity index (χ1n) is 6.70. The van der Waals surface area contributed by atoms with Crippen LogP contribution in [0.5, 0.6) is 5.75 Å². The molecule has 0 aliphatic rings. The molecule has 23 heavy (non-hydrogen) atoms. The van der Waals surface area contributed by atoms with Gasteiger partial charge >= 0.3 is 6.18 Å². The smallest absolute Gasteiger partial charge is 0.433 e. The average Bonchev–Trinajstić information content (AvgIpc) is 2.52. The fourth-order valence-electron chi connectivity index (χ4n) is 1.98. The number of nitrogens with zero attached hydrogens (tertiary/aromatic N) is 1. The second-order valence-corrected chi connectivity index (χ2v) is 4.82. The predicted octanol–water partition coefficient (Wildman–Crippen LogP) is 4.06. The van der Waals surface area contributed by atoms with Gasteiger partial charge in [0.1, 0.15) is 17.3 Å². The maximum atomic E-state index is 13.8. The number of Topliss-reactive ketones (excluding diaryl/α,β-unsaturated/α-hetero) is 1. The second kappa shape index (κ2) is 6.76. The molecule has 0 aliphatic heterocycles. The topological polar surface area (TPSA) is 39.2 Å². The lowest BCUT2D eigenvalue weighted by molar-refractivity contribution is -0.141. The molecular formula is C16H13F4NO2. The number of methoxy groups -OCH3 is 1. The Morgan fingerprint density at radius 1 is 1.22 bits per heavy atom. The molecular weight excluding hydrogens is 314 g/mol. The van der Waals surface area contributed by atoms with E-state index in [2.05, 4.69) is 4.98 Å². The van der Waals surface area contributed by atoms with Crippen molar-refractivity contribution in [2.24, 2.45) is 0 Å². The number of benzene rings is 1. The number of carbonyl (C=O) groups is 1. The molecule has 0 unspecified atom stereocenters. The molecule has 2 rings (SSSR count). The maximum absolute atomic E-state index is 13.8. The molecule has 0 N–H and O–H groups in total. The van der Waals surface area contributed by atoms with Crippen molar-refractivity contribution in [2.75, 3.05) is 7.11 Å². The van der Waals surface area contributed by atoms with Crippen LogP contribution in [-0.2, 0) is 12.6 Å². The highest BCUT2D eigenvalue weighted by Gasteiger charge is 2.31.